The zero-order chi connectivity index (χ0) is 20.6. The van der Waals surface area contributed by atoms with E-state index in [4.69, 9.17) is 9.47 Å². The molecule has 1 fully saturated rings. The number of cyclic esters (lactones) is 1. The van der Waals surface area contributed by atoms with E-state index < -0.39 is 18.1 Å². The fourth-order valence-corrected chi connectivity index (χ4v) is 3.54. The second-order valence-corrected chi connectivity index (χ2v) is 7.29. The summed E-state index contributed by atoms with van der Waals surface area (Å²) in [6, 6.07) is 19.0. The molecule has 5 nitrogen and oxygen atoms in total. The molecule has 1 saturated heterocycles. The lowest BCUT2D eigenvalue weighted by molar-refractivity contribution is -0.135. The van der Waals surface area contributed by atoms with Gasteiger partial charge >= 0.3 is 6.09 Å². The summed E-state index contributed by atoms with van der Waals surface area (Å²) in [5, 5.41) is 0. The van der Waals surface area contributed by atoms with Gasteiger partial charge in [-0.2, -0.15) is 0 Å². The van der Waals surface area contributed by atoms with Gasteiger partial charge in [0.2, 0.25) is 5.91 Å². The molecule has 1 aliphatic rings. The van der Waals surface area contributed by atoms with Crippen LogP contribution in [-0.2, 0) is 20.9 Å². The molecule has 152 valence electrons. The Labute approximate surface area is 171 Å². The first-order valence-electron chi connectivity index (χ1n) is 9.89. The molecular weight excluding hydrogens is 366 g/mol. The average Bonchev–Trinajstić information content (AvgIpc) is 3.15. The molecule has 2 aromatic carbocycles. The Hall–Kier alpha value is -2.92. The summed E-state index contributed by atoms with van der Waals surface area (Å²) in [5.74, 6) is -0.717. The van der Waals surface area contributed by atoms with Gasteiger partial charge in [-0.05, 0) is 23.5 Å². The molecule has 0 spiro atoms. The number of rotatable bonds is 9. The molecule has 1 heterocycles. The largest absolute Gasteiger partial charge is 0.446 e. The average molecular weight is 393 g/mol. The van der Waals surface area contributed by atoms with Crippen LogP contribution in [0.2, 0.25) is 0 Å². The summed E-state index contributed by atoms with van der Waals surface area (Å²) in [6.45, 7) is 6.72. The highest BCUT2D eigenvalue weighted by Gasteiger charge is 2.42. The Morgan fingerprint density at radius 1 is 1.21 bits per heavy atom. The maximum Gasteiger partial charge on any atom is 0.417 e. The maximum absolute atomic E-state index is 13.2. The summed E-state index contributed by atoms with van der Waals surface area (Å²) in [4.78, 5) is 26.8. The first-order valence-corrected chi connectivity index (χ1v) is 9.89. The summed E-state index contributed by atoms with van der Waals surface area (Å²) in [7, 11) is 0. The van der Waals surface area contributed by atoms with E-state index in [1.54, 1.807) is 6.08 Å². The van der Waals surface area contributed by atoms with Crippen molar-refractivity contribution >= 4 is 12.0 Å². The molecule has 2 aromatic rings. The fourth-order valence-electron chi connectivity index (χ4n) is 3.54. The smallest absolute Gasteiger partial charge is 0.417 e. The van der Waals surface area contributed by atoms with E-state index in [9.17, 15) is 9.59 Å². The van der Waals surface area contributed by atoms with Crippen molar-refractivity contribution in [3.05, 3.63) is 84.4 Å². The molecule has 3 atom stereocenters. The Morgan fingerprint density at radius 2 is 1.86 bits per heavy atom. The molecule has 5 heteroatoms. The van der Waals surface area contributed by atoms with Crippen LogP contribution in [0.15, 0.2) is 73.3 Å². The van der Waals surface area contributed by atoms with Crippen molar-refractivity contribution in [3.63, 3.8) is 0 Å². The van der Waals surface area contributed by atoms with Gasteiger partial charge in [0.15, 0.2) is 0 Å². The van der Waals surface area contributed by atoms with Crippen LogP contribution in [0, 0.1) is 11.8 Å². The van der Waals surface area contributed by atoms with E-state index in [0.717, 1.165) is 11.1 Å². The van der Waals surface area contributed by atoms with Crippen molar-refractivity contribution in [2.24, 2.45) is 11.8 Å². The highest BCUT2D eigenvalue weighted by molar-refractivity contribution is 5.95. The standard InChI is InChI=1S/C24H27NO4/c1-3-10-21(16-28-15-19-11-6-4-7-12-19)18(2)23(26)25-22(17-29-24(25)27)20-13-8-5-9-14-20/h3-9,11-14,18,21-22H,1,10,15-17H2,2H3/t18-,21-,22+/m1/s1. The number of nitrogens with zero attached hydrogens (tertiary/aromatic N) is 1. The number of ether oxygens (including phenoxy) is 2. The molecule has 3 rings (SSSR count). The highest BCUT2D eigenvalue weighted by Crippen LogP contribution is 2.31. The minimum atomic E-state index is -0.585. The molecule has 0 radical (unpaired) electrons. The number of hydrogen-bond acceptors (Lipinski definition) is 4. The lowest BCUT2D eigenvalue weighted by Crippen LogP contribution is -2.41. The number of benzene rings is 2. The molecule has 0 aromatic heterocycles. The summed E-state index contributed by atoms with van der Waals surface area (Å²) in [6.07, 6.45) is 1.83. The van der Waals surface area contributed by atoms with Crippen LogP contribution < -0.4 is 0 Å². The van der Waals surface area contributed by atoms with Gasteiger partial charge in [0.1, 0.15) is 12.6 Å². The van der Waals surface area contributed by atoms with Crippen molar-refractivity contribution in [1.82, 2.24) is 4.90 Å². The van der Waals surface area contributed by atoms with Gasteiger partial charge in [-0.3, -0.25) is 4.79 Å². The molecular formula is C24H27NO4. The minimum absolute atomic E-state index is 0.0754. The van der Waals surface area contributed by atoms with Crippen molar-refractivity contribution in [2.45, 2.75) is 26.0 Å². The Bertz CT molecular complexity index is 821. The fraction of sp³-hybridized carbons (Fsp3) is 0.333. The van der Waals surface area contributed by atoms with Crippen LogP contribution in [-0.4, -0.2) is 30.1 Å². The Morgan fingerprint density at radius 3 is 2.52 bits per heavy atom. The number of carbonyl (C=O) groups excluding carboxylic acids is 2. The number of imide groups is 1. The molecule has 0 saturated carbocycles. The topological polar surface area (TPSA) is 55.8 Å². The molecule has 0 aliphatic carbocycles. The molecule has 0 unspecified atom stereocenters. The Balaban J connectivity index is 1.67. The van der Waals surface area contributed by atoms with E-state index >= 15 is 0 Å². The van der Waals surface area contributed by atoms with E-state index in [1.807, 2.05) is 67.6 Å². The first kappa shape index (κ1) is 20.8. The summed E-state index contributed by atoms with van der Waals surface area (Å²) < 4.78 is 11.1. The van der Waals surface area contributed by atoms with Gasteiger partial charge in [0.05, 0.1) is 13.2 Å². The highest BCUT2D eigenvalue weighted by atomic mass is 16.6. The monoisotopic (exact) mass is 393 g/mol. The van der Waals surface area contributed by atoms with Gasteiger partial charge < -0.3 is 9.47 Å². The molecule has 0 N–H and O–H groups in total. The second kappa shape index (κ2) is 10.0. The first-order chi connectivity index (χ1) is 14.1. The van der Waals surface area contributed by atoms with E-state index in [1.165, 1.54) is 4.90 Å². The molecule has 0 bridgehead atoms. The quantitative estimate of drug-likeness (QED) is 0.577. The van der Waals surface area contributed by atoms with Crippen molar-refractivity contribution < 1.29 is 19.1 Å². The van der Waals surface area contributed by atoms with Crippen LogP contribution >= 0.6 is 0 Å². The van der Waals surface area contributed by atoms with E-state index in [0.29, 0.717) is 19.6 Å². The van der Waals surface area contributed by atoms with Gasteiger partial charge in [0.25, 0.3) is 0 Å². The Kier molecular flexibility index (Phi) is 7.19. The van der Waals surface area contributed by atoms with Crippen molar-refractivity contribution in [3.8, 4) is 0 Å². The predicted molar refractivity (Wildman–Crippen MR) is 111 cm³/mol. The van der Waals surface area contributed by atoms with Crippen LogP contribution in [0.25, 0.3) is 0 Å². The van der Waals surface area contributed by atoms with Crippen LogP contribution in [0.4, 0.5) is 4.79 Å². The molecule has 1 aliphatic heterocycles. The minimum Gasteiger partial charge on any atom is -0.446 e. The van der Waals surface area contributed by atoms with Gasteiger partial charge in [-0.15, -0.1) is 6.58 Å². The lowest BCUT2D eigenvalue weighted by atomic mass is 9.90. The van der Waals surface area contributed by atoms with Gasteiger partial charge in [-0.25, -0.2) is 9.69 Å². The SMILES string of the molecule is C=CC[C@H](COCc1ccccc1)[C@@H](C)C(=O)N1C(=O)OC[C@H]1c1ccccc1. The lowest BCUT2D eigenvalue weighted by Gasteiger charge is -2.27. The molecule has 29 heavy (non-hydrogen) atoms. The third-order valence-electron chi connectivity index (χ3n) is 5.30. The number of allylic oxidation sites excluding steroid dienone is 1. The second-order valence-electron chi connectivity index (χ2n) is 7.29. The maximum atomic E-state index is 13.2. The number of hydrogen-bond donors (Lipinski definition) is 0. The van der Waals surface area contributed by atoms with Crippen LogP contribution in [0.5, 0.6) is 0 Å². The normalized spacial score (nSPS) is 18.2. The summed E-state index contributed by atoms with van der Waals surface area (Å²) >= 11 is 0. The van der Waals surface area contributed by atoms with Crippen LogP contribution in [0.1, 0.15) is 30.5 Å². The zero-order valence-corrected chi connectivity index (χ0v) is 16.7. The van der Waals surface area contributed by atoms with E-state index in [-0.39, 0.29) is 18.4 Å². The van der Waals surface area contributed by atoms with E-state index in [2.05, 4.69) is 6.58 Å². The summed E-state index contributed by atoms with van der Waals surface area (Å²) in [5.41, 5.74) is 1.97. The number of amides is 2. The predicted octanol–water partition coefficient (Wildman–Crippen LogP) is 4.75. The third-order valence-corrected chi connectivity index (χ3v) is 5.30. The van der Waals surface area contributed by atoms with Crippen LogP contribution in [0.3, 0.4) is 0 Å². The molecule has 2 amide bonds. The third kappa shape index (κ3) is 5.12. The van der Waals surface area contributed by atoms with Crippen molar-refractivity contribution in [2.75, 3.05) is 13.2 Å². The number of carbonyl (C=O) groups is 2. The van der Waals surface area contributed by atoms with Gasteiger partial charge in [-0.1, -0.05) is 73.7 Å². The van der Waals surface area contributed by atoms with Gasteiger partial charge in [0, 0.05) is 5.92 Å². The van der Waals surface area contributed by atoms with Crippen molar-refractivity contribution in [1.29, 1.82) is 0 Å². The zero-order valence-electron chi connectivity index (χ0n) is 16.7.